The molecule has 5 heteroatoms. The molecule has 0 bridgehead atoms. The summed E-state index contributed by atoms with van der Waals surface area (Å²) < 4.78 is 1.77. The molecule has 1 N–H and O–H groups in total. The maximum absolute atomic E-state index is 9.95. The molecule has 0 atom stereocenters. The number of rotatable bonds is 5. The first-order valence-electron chi connectivity index (χ1n) is 7.75. The molecule has 0 unspecified atom stereocenters. The normalized spacial score (nSPS) is 11.1. The van der Waals surface area contributed by atoms with Crippen LogP contribution in [-0.4, -0.2) is 40.2 Å². The van der Waals surface area contributed by atoms with Gasteiger partial charge in [0.2, 0.25) is 0 Å². The fourth-order valence-electron chi connectivity index (χ4n) is 2.47. The second kappa shape index (κ2) is 7.10. The van der Waals surface area contributed by atoms with Crippen LogP contribution in [0, 0.1) is 0 Å². The van der Waals surface area contributed by atoms with E-state index in [1.54, 1.807) is 11.0 Å². The summed E-state index contributed by atoms with van der Waals surface area (Å²) in [5, 5.41) is 14.7. The number of para-hydroxylation sites is 1. The first-order chi connectivity index (χ1) is 11.7. The van der Waals surface area contributed by atoms with Crippen LogP contribution in [-0.2, 0) is 6.61 Å². The highest BCUT2D eigenvalue weighted by molar-refractivity contribution is 5.72. The highest BCUT2D eigenvalue weighted by atomic mass is 16.3. The van der Waals surface area contributed by atoms with Crippen LogP contribution >= 0.6 is 0 Å². The second-order valence-electron chi connectivity index (χ2n) is 5.63. The van der Waals surface area contributed by atoms with Crippen molar-refractivity contribution in [3.8, 4) is 16.9 Å². The van der Waals surface area contributed by atoms with Crippen molar-refractivity contribution in [3.63, 3.8) is 0 Å². The third kappa shape index (κ3) is 3.21. The summed E-state index contributed by atoms with van der Waals surface area (Å²) in [5.41, 5.74) is 3.31. The number of aliphatic hydroxyl groups is 1. The van der Waals surface area contributed by atoms with Gasteiger partial charge in [-0.2, -0.15) is 5.10 Å². The number of aliphatic imine (C=N–C) groups is 1. The molecular formula is C19H20N4O. The van der Waals surface area contributed by atoms with Crippen molar-refractivity contribution in [2.45, 2.75) is 6.61 Å². The number of hydrogen-bond donors (Lipinski definition) is 1. The first-order valence-corrected chi connectivity index (χ1v) is 7.75. The van der Waals surface area contributed by atoms with Gasteiger partial charge in [-0.25, -0.2) is 9.67 Å². The summed E-state index contributed by atoms with van der Waals surface area (Å²) in [6, 6.07) is 19.7. The van der Waals surface area contributed by atoms with Crippen molar-refractivity contribution in [1.82, 2.24) is 14.7 Å². The monoisotopic (exact) mass is 320 g/mol. The largest absolute Gasteiger partial charge is 0.391 e. The zero-order valence-electron chi connectivity index (χ0n) is 13.8. The zero-order chi connectivity index (χ0) is 16.9. The van der Waals surface area contributed by atoms with Gasteiger partial charge >= 0.3 is 0 Å². The highest BCUT2D eigenvalue weighted by Crippen LogP contribution is 2.32. The predicted octanol–water partition coefficient (Wildman–Crippen LogP) is 3.25. The van der Waals surface area contributed by atoms with Gasteiger partial charge in [0.25, 0.3) is 0 Å². The maximum Gasteiger partial charge on any atom is 0.163 e. The SMILES string of the molecule is CN(C)C=Nc1c(CO)c(-c2ccccc2)nn1-c1ccccc1. The Bertz CT molecular complexity index is 823. The van der Waals surface area contributed by atoms with Crippen molar-refractivity contribution in [3.05, 3.63) is 66.2 Å². The summed E-state index contributed by atoms with van der Waals surface area (Å²) in [4.78, 5) is 6.39. The van der Waals surface area contributed by atoms with E-state index in [-0.39, 0.29) is 6.61 Å². The standard InChI is InChI=1S/C19H20N4O/c1-22(2)14-20-19-17(13-24)18(15-9-5-3-6-10-15)21-23(19)16-11-7-4-8-12-16/h3-12,14,24H,13H2,1-2H3. The van der Waals surface area contributed by atoms with E-state index in [4.69, 9.17) is 5.10 Å². The van der Waals surface area contributed by atoms with E-state index >= 15 is 0 Å². The van der Waals surface area contributed by atoms with Gasteiger partial charge < -0.3 is 10.0 Å². The number of benzene rings is 2. The average molecular weight is 320 g/mol. The molecule has 1 aromatic heterocycles. The van der Waals surface area contributed by atoms with Crippen LogP contribution in [0.3, 0.4) is 0 Å². The van der Waals surface area contributed by atoms with Crippen LogP contribution in [0.1, 0.15) is 5.56 Å². The molecule has 5 nitrogen and oxygen atoms in total. The van der Waals surface area contributed by atoms with Gasteiger partial charge in [0, 0.05) is 19.7 Å². The molecule has 0 amide bonds. The molecule has 3 aromatic rings. The van der Waals surface area contributed by atoms with Crippen LogP contribution in [0.15, 0.2) is 65.7 Å². The van der Waals surface area contributed by atoms with E-state index in [1.807, 2.05) is 79.7 Å². The van der Waals surface area contributed by atoms with Crippen LogP contribution in [0.2, 0.25) is 0 Å². The molecule has 2 aromatic carbocycles. The quantitative estimate of drug-likeness (QED) is 0.580. The molecule has 0 saturated heterocycles. The molecule has 0 aliphatic rings. The highest BCUT2D eigenvalue weighted by Gasteiger charge is 2.19. The summed E-state index contributed by atoms with van der Waals surface area (Å²) in [7, 11) is 3.81. The molecule has 3 rings (SSSR count). The summed E-state index contributed by atoms with van der Waals surface area (Å²) in [6.45, 7) is -0.128. The molecule has 0 aliphatic heterocycles. The Balaban J connectivity index is 2.22. The Morgan fingerprint density at radius 2 is 1.67 bits per heavy atom. The van der Waals surface area contributed by atoms with Gasteiger partial charge in [0.05, 0.1) is 24.2 Å². The number of hydrogen-bond acceptors (Lipinski definition) is 3. The number of aromatic nitrogens is 2. The lowest BCUT2D eigenvalue weighted by Crippen LogP contribution is -2.08. The minimum absolute atomic E-state index is 0.128. The molecule has 0 fully saturated rings. The third-order valence-electron chi connectivity index (χ3n) is 3.57. The van der Waals surface area contributed by atoms with Crippen LogP contribution in [0.5, 0.6) is 0 Å². The average Bonchev–Trinajstić information content (AvgIpc) is 3.00. The lowest BCUT2D eigenvalue weighted by atomic mass is 10.1. The lowest BCUT2D eigenvalue weighted by molar-refractivity contribution is 0.283. The zero-order valence-corrected chi connectivity index (χ0v) is 13.8. The van der Waals surface area contributed by atoms with E-state index in [0.29, 0.717) is 11.4 Å². The van der Waals surface area contributed by atoms with Gasteiger partial charge in [-0.05, 0) is 12.1 Å². The Kier molecular flexibility index (Phi) is 4.72. The van der Waals surface area contributed by atoms with Gasteiger partial charge in [-0.1, -0.05) is 48.5 Å². The molecule has 0 radical (unpaired) electrons. The molecule has 0 saturated carbocycles. The fraction of sp³-hybridized carbons (Fsp3) is 0.158. The van der Waals surface area contributed by atoms with E-state index in [9.17, 15) is 5.11 Å². The van der Waals surface area contributed by atoms with Crippen molar-refractivity contribution in [2.75, 3.05) is 14.1 Å². The number of aliphatic hydroxyl groups excluding tert-OH is 1. The van der Waals surface area contributed by atoms with Gasteiger partial charge in [0.15, 0.2) is 5.82 Å². The van der Waals surface area contributed by atoms with Crippen molar-refractivity contribution in [1.29, 1.82) is 0 Å². The molecule has 24 heavy (non-hydrogen) atoms. The molecular weight excluding hydrogens is 300 g/mol. The minimum Gasteiger partial charge on any atom is -0.391 e. The van der Waals surface area contributed by atoms with Crippen LogP contribution in [0.25, 0.3) is 16.9 Å². The summed E-state index contributed by atoms with van der Waals surface area (Å²) >= 11 is 0. The van der Waals surface area contributed by atoms with Crippen molar-refractivity contribution in [2.24, 2.45) is 4.99 Å². The Labute approximate surface area is 141 Å². The topological polar surface area (TPSA) is 53.6 Å². The van der Waals surface area contributed by atoms with Gasteiger partial charge in [0.1, 0.15) is 5.69 Å². The third-order valence-corrected chi connectivity index (χ3v) is 3.57. The smallest absolute Gasteiger partial charge is 0.163 e. The van der Waals surface area contributed by atoms with Gasteiger partial charge in [-0.15, -0.1) is 0 Å². The van der Waals surface area contributed by atoms with E-state index in [1.165, 1.54) is 0 Å². The minimum atomic E-state index is -0.128. The maximum atomic E-state index is 9.95. The molecule has 0 aliphatic carbocycles. The van der Waals surface area contributed by atoms with Crippen LogP contribution < -0.4 is 0 Å². The van der Waals surface area contributed by atoms with E-state index in [0.717, 1.165) is 16.9 Å². The summed E-state index contributed by atoms with van der Waals surface area (Å²) in [6.07, 6.45) is 1.71. The Hall–Kier alpha value is -2.92. The van der Waals surface area contributed by atoms with E-state index in [2.05, 4.69) is 4.99 Å². The fourth-order valence-corrected chi connectivity index (χ4v) is 2.47. The number of nitrogens with zero attached hydrogens (tertiary/aromatic N) is 4. The molecule has 1 heterocycles. The predicted molar refractivity (Wildman–Crippen MR) is 96.8 cm³/mol. The Morgan fingerprint density at radius 1 is 1.04 bits per heavy atom. The van der Waals surface area contributed by atoms with Crippen LogP contribution in [0.4, 0.5) is 5.82 Å². The van der Waals surface area contributed by atoms with Gasteiger partial charge in [-0.3, -0.25) is 0 Å². The Morgan fingerprint density at radius 3 is 2.25 bits per heavy atom. The van der Waals surface area contributed by atoms with Crippen molar-refractivity contribution >= 4 is 12.2 Å². The lowest BCUT2D eigenvalue weighted by Gasteiger charge is -2.06. The summed E-state index contributed by atoms with van der Waals surface area (Å²) in [5.74, 6) is 0.635. The van der Waals surface area contributed by atoms with E-state index < -0.39 is 0 Å². The molecule has 0 spiro atoms. The first kappa shape index (κ1) is 16.0. The van der Waals surface area contributed by atoms with Crippen molar-refractivity contribution < 1.29 is 5.11 Å². The second-order valence-corrected chi connectivity index (χ2v) is 5.63. The molecule has 122 valence electrons.